The Morgan fingerprint density at radius 3 is 2.53 bits per heavy atom. The molecule has 0 unspecified atom stereocenters. The second kappa shape index (κ2) is 4.85. The molecule has 1 aromatic heterocycles. The van der Waals surface area contributed by atoms with Gasteiger partial charge < -0.3 is 20.6 Å². The van der Waals surface area contributed by atoms with Crippen LogP contribution in [-0.2, 0) is 0 Å². The van der Waals surface area contributed by atoms with Gasteiger partial charge in [0.15, 0.2) is 5.76 Å². The summed E-state index contributed by atoms with van der Waals surface area (Å²) in [6.07, 6.45) is 0. The number of carboxylic acids is 1. The third kappa shape index (κ3) is 2.74. The van der Waals surface area contributed by atoms with Crippen LogP contribution in [0.4, 0.5) is 11.4 Å². The summed E-state index contributed by atoms with van der Waals surface area (Å²) in [7, 11) is 0. The van der Waals surface area contributed by atoms with Crippen LogP contribution in [0.3, 0.4) is 0 Å². The molecule has 0 bridgehead atoms. The predicted octanol–water partition coefficient (Wildman–Crippen LogP) is 2.12. The number of nitrogens with one attached hydrogen (secondary N) is 1. The van der Waals surface area contributed by atoms with Crippen LogP contribution in [0.2, 0.25) is 0 Å². The van der Waals surface area contributed by atoms with Gasteiger partial charge in [0.2, 0.25) is 0 Å². The number of carboxylic acid groups (broad SMARTS) is 1. The highest BCUT2D eigenvalue weighted by atomic mass is 16.4. The second-order valence-electron chi connectivity index (χ2n) is 3.97. The Balaban J connectivity index is 2.20. The summed E-state index contributed by atoms with van der Waals surface area (Å²) < 4.78 is 5.17. The molecule has 0 aliphatic carbocycles. The summed E-state index contributed by atoms with van der Waals surface area (Å²) >= 11 is 0. The van der Waals surface area contributed by atoms with Gasteiger partial charge in [-0.1, -0.05) is 0 Å². The quantitative estimate of drug-likeness (QED) is 0.733. The maximum atomic E-state index is 11.8. The second-order valence-corrected chi connectivity index (χ2v) is 3.97. The van der Waals surface area contributed by atoms with Crippen LogP contribution >= 0.6 is 0 Å². The van der Waals surface area contributed by atoms with E-state index in [1.807, 2.05) is 0 Å². The van der Waals surface area contributed by atoms with Gasteiger partial charge in [0, 0.05) is 0 Å². The molecule has 1 heterocycles. The minimum Gasteiger partial charge on any atom is -0.478 e. The third-order valence-corrected chi connectivity index (χ3v) is 2.51. The summed E-state index contributed by atoms with van der Waals surface area (Å²) in [6.45, 7) is 1.73. The number of nitrogen functional groups attached to an aromatic ring is 1. The summed E-state index contributed by atoms with van der Waals surface area (Å²) in [6, 6.07) is 7.30. The first kappa shape index (κ1) is 12.7. The molecule has 1 amide bonds. The van der Waals surface area contributed by atoms with Gasteiger partial charge in [-0.3, -0.25) is 4.79 Å². The average Bonchev–Trinajstić information content (AvgIpc) is 2.78. The smallest absolute Gasteiger partial charge is 0.335 e. The highest BCUT2D eigenvalue weighted by Gasteiger charge is 2.13. The van der Waals surface area contributed by atoms with Crippen LogP contribution in [0, 0.1) is 6.92 Å². The molecule has 0 saturated carbocycles. The van der Waals surface area contributed by atoms with Crippen molar-refractivity contribution in [1.29, 1.82) is 0 Å². The van der Waals surface area contributed by atoms with Crippen molar-refractivity contribution in [1.82, 2.24) is 0 Å². The van der Waals surface area contributed by atoms with Crippen molar-refractivity contribution in [2.24, 2.45) is 0 Å². The molecule has 4 N–H and O–H groups in total. The number of benzene rings is 1. The number of furan rings is 1. The molecule has 2 rings (SSSR count). The van der Waals surface area contributed by atoms with Crippen molar-refractivity contribution in [3.8, 4) is 0 Å². The molecule has 6 nitrogen and oxygen atoms in total. The van der Waals surface area contributed by atoms with E-state index < -0.39 is 11.9 Å². The van der Waals surface area contributed by atoms with Crippen molar-refractivity contribution >= 4 is 23.3 Å². The number of hydrogen-bond donors (Lipinski definition) is 3. The van der Waals surface area contributed by atoms with Crippen LogP contribution < -0.4 is 11.1 Å². The standard InChI is InChI=1S/C13H12N2O4/c1-7-2-5-11(19-7)12(16)15-10-4-3-8(13(17)18)6-9(10)14/h2-6H,14H2,1H3,(H,15,16)(H,17,18). The number of carbonyl (C=O) groups is 2. The van der Waals surface area contributed by atoms with Crippen molar-refractivity contribution in [2.75, 3.05) is 11.1 Å². The van der Waals surface area contributed by atoms with E-state index >= 15 is 0 Å². The lowest BCUT2D eigenvalue weighted by atomic mass is 10.1. The van der Waals surface area contributed by atoms with Crippen molar-refractivity contribution in [3.05, 3.63) is 47.4 Å². The van der Waals surface area contributed by atoms with Crippen LogP contribution in [0.25, 0.3) is 0 Å². The van der Waals surface area contributed by atoms with E-state index in [-0.39, 0.29) is 17.0 Å². The van der Waals surface area contributed by atoms with E-state index in [9.17, 15) is 9.59 Å². The summed E-state index contributed by atoms with van der Waals surface area (Å²) in [4.78, 5) is 22.6. The number of aryl methyl sites for hydroxylation is 1. The van der Waals surface area contributed by atoms with E-state index in [1.165, 1.54) is 18.2 Å². The fraction of sp³-hybridized carbons (Fsp3) is 0.0769. The van der Waals surface area contributed by atoms with Gasteiger partial charge in [0.25, 0.3) is 5.91 Å². The fourth-order valence-electron chi connectivity index (χ4n) is 1.55. The maximum Gasteiger partial charge on any atom is 0.335 e. The zero-order valence-corrected chi connectivity index (χ0v) is 10.1. The molecule has 6 heteroatoms. The molecule has 0 aliphatic rings. The largest absolute Gasteiger partial charge is 0.478 e. The number of hydrogen-bond acceptors (Lipinski definition) is 4. The van der Waals surface area contributed by atoms with Crippen LogP contribution in [0.15, 0.2) is 34.7 Å². The summed E-state index contributed by atoms with van der Waals surface area (Å²) in [5, 5.41) is 11.4. The molecule has 0 radical (unpaired) electrons. The molecule has 1 aromatic carbocycles. The average molecular weight is 260 g/mol. The monoisotopic (exact) mass is 260 g/mol. The van der Waals surface area contributed by atoms with E-state index in [0.29, 0.717) is 11.4 Å². The van der Waals surface area contributed by atoms with Gasteiger partial charge in [-0.05, 0) is 37.3 Å². The van der Waals surface area contributed by atoms with Gasteiger partial charge in [0.05, 0.1) is 16.9 Å². The first-order valence-corrected chi connectivity index (χ1v) is 5.48. The Bertz CT molecular complexity index is 646. The number of rotatable bonds is 3. The van der Waals surface area contributed by atoms with Gasteiger partial charge in [-0.2, -0.15) is 0 Å². The summed E-state index contributed by atoms with van der Waals surface area (Å²) in [5.74, 6) is -0.729. The number of anilines is 2. The molecule has 0 fully saturated rings. The maximum absolute atomic E-state index is 11.8. The lowest BCUT2D eigenvalue weighted by Crippen LogP contribution is -2.12. The first-order valence-electron chi connectivity index (χ1n) is 5.48. The topological polar surface area (TPSA) is 106 Å². The Kier molecular flexibility index (Phi) is 3.24. The Labute approximate surface area is 108 Å². The highest BCUT2D eigenvalue weighted by Crippen LogP contribution is 2.21. The molecule has 2 aromatic rings. The SMILES string of the molecule is Cc1ccc(C(=O)Nc2ccc(C(=O)O)cc2N)o1. The summed E-state index contributed by atoms with van der Waals surface area (Å²) in [5.41, 5.74) is 6.26. The van der Waals surface area contributed by atoms with Gasteiger partial charge in [0.1, 0.15) is 5.76 Å². The van der Waals surface area contributed by atoms with Gasteiger partial charge in [-0.15, -0.1) is 0 Å². The van der Waals surface area contributed by atoms with Crippen molar-refractivity contribution in [3.63, 3.8) is 0 Å². The Morgan fingerprint density at radius 2 is 2.00 bits per heavy atom. The van der Waals surface area contributed by atoms with E-state index in [4.69, 9.17) is 15.3 Å². The zero-order chi connectivity index (χ0) is 14.0. The molecule has 0 spiro atoms. The molecule has 98 valence electrons. The molecule has 0 atom stereocenters. The highest BCUT2D eigenvalue weighted by molar-refractivity contribution is 6.04. The lowest BCUT2D eigenvalue weighted by molar-refractivity contribution is 0.0697. The van der Waals surface area contributed by atoms with E-state index in [0.717, 1.165) is 0 Å². The lowest BCUT2D eigenvalue weighted by Gasteiger charge is -2.07. The van der Waals surface area contributed by atoms with Crippen molar-refractivity contribution in [2.45, 2.75) is 6.92 Å². The third-order valence-electron chi connectivity index (χ3n) is 2.51. The number of amides is 1. The molecular formula is C13H12N2O4. The van der Waals surface area contributed by atoms with Crippen LogP contribution in [-0.4, -0.2) is 17.0 Å². The fourth-order valence-corrected chi connectivity index (χ4v) is 1.55. The molecular weight excluding hydrogens is 248 g/mol. The molecule has 19 heavy (non-hydrogen) atoms. The zero-order valence-electron chi connectivity index (χ0n) is 10.1. The number of nitrogens with two attached hydrogens (primary N) is 1. The number of aromatic carboxylic acids is 1. The van der Waals surface area contributed by atoms with Gasteiger partial charge >= 0.3 is 5.97 Å². The van der Waals surface area contributed by atoms with Crippen LogP contribution in [0.1, 0.15) is 26.7 Å². The number of carbonyl (C=O) groups excluding carboxylic acids is 1. The first-order chi connectivity index (χ1) is 8.97. The molecule has 0 saturated heterocycles. The van der Waals surface area contributed by atoms with E-state index in [2.05, 4.69) is 5.32 Å². The molecule has 0 aliphatic heterocycles. The van der Waals surface area contributed by atoms with E-state index in [1.54, 1.807) is 19.1 Å². The van der Waals surface area contributed by atoms with Crippen molar-refractivity contribution < 1.29 is 19.1 Å². The van der Waals surface area contributed by atoms with Gasteiger partial charge in [-0.25, -0.2) is 4.79 Å². The normalized spacial score (nSPS) is 10.2. The minimum absolute atomic E-state index is 0.0596. The minimum atomic E-state index is -1.08. The van der Waals surface area contributed by atoms with Crippen LogP contribution in [0.5, 0.6) is 0 Å². The predicted molar refractivity (Wildman–Crippen MR) is 69.2 cm³/mol. The Hall–Kier alpha value is -2.76. The Morgan fingerprint density at radius 1 is 1.26 bits per heavy atom.